The quantitative estimate of drug-likeness (QED) is 0.445. The Hall–Kier alpha value is -2.91. The molecule has 0 bridgehead atoms. The molecule has 1 amide bonds. The summed E-state index contributed by atoms with van der Waals surface area (Å²) < 4.78 is 36.3. The van der Waals surface area contributed by atoms with Crippen LogP contribution >= 0.6 is 0 Å². The number of ether oxygens (including phenoxy) is 2. The van der Waals surface area contributed by atoms with Crippen molar-refractivity contribution < 1.29 is 27.5 Å². The van der Waals surface area contributed by atoms with E-state index in [-0.39, 0.29) is 16.2 Å². The lowest BCUT2D eigenvalue weighted by Gasteiger charge is -2.11. The van der Waals surface area contributed by atoms with E-state index in [4.69, 9.17) is 9.47 Å². The summed E-state index contributed by atoms with van der Waals surface area (Å²) in [7, 11) is -1.25. The average Bonchev–Trinajstić information content (AvgIpc) is 2.75. The van der Waals surface area contributed by atoms with Crippen LogP contribution in [0.5, 0.6) is 5.75 Å². The third-order valence-corrected chi connectivity index (χ3v) is 5.53. The topological polar surface area (TPSA) is 111 Å². The molecule has 0 unspecified atom stereocenters. The molecular weight excluding hydrogens is 396 g/mol. The second-order valence-corrected chi connectivity index (χ2v) is 7.94. The molecule has 29 heavy (non-hydrogen) atoms. The first-order chi connectivity index (χ1) is 13.9. The summed E-state index contributed by atoms with van der Waals surface area (Å²) in [6.45, 7) is 0.00266. The van der Waals surface area contributed by atoms with Crippen molar-refractivity contribution in [2.24, 2.45) is 0 Å². The van der Waals surface area contributed by atoms with Gasteiger partial charge in [-0.2, -0.15) is 0 Å². The van der Waals surface area contributed by atoms with Gasteiger partial charge in [0.2, 0.25) is 10.0 Å². The van der Waals surface area contributed by atoms with Crippen LogP contribution in [-0.2, 0) is 26.0 Å². The van der Waals surface area contributed by atoms with Crippen molar-refractivity contribution in [3.63, 3.8) is 0 Å². The molecule has 2 rings (SSSR count). The van der Waals surface area contributed by atoms with Gasteiger partial charge in [0.05, 0.1) is 12.7 Å². The standard InChI is InChI=1S/C20H24N2O6S/c1-21-29(25,26)18-13-16(10-11-17(18)27-2)20(24)28-14-19(23)22-12-6-9-15-7-4-3-5-8-15/h3-5,7-8,10-11,13,21H,6,9,12,14H2,1-2H3,(H,22,23). The van der Waals surface area contributed by atoms with Gasteiger partial charge < -0.3 is 14.8 Å². The molecule has 9 heteroatoms. The Labute approximate surface area is 170 Å². The van der Waals surface area contributed by atoms with Gasteiger partial charge in [-0.3, -0.25) is 4.79 Å². The van der Waals surface area contributed by atoms with E-state index >= 15 is 0 Å². The summed E-state index contributed by atoms with van der Waals surface area (Å²) in [5, 5.41) is 2.68. The number of carbonyl (C=O) groups excluding carboxylic acids is 2. The molecule has 2 aromatic rings. The predicted octanol–water partition coefficient (Wildman–Crippen LogP) is 1.51. The number of benzene rings is 2. The largest absolute Gasteiger partial charge is 0.495 e. The minimum atomic E-state index is -3.83. The molecule has 0 saturated heterocycles. The Bertz CT molecular complexity index is 945. The first-order valence-corrected chi connectivity index (χ1v) is 10.4. The van der Waals surface area contributed by atoms with Gasteiger partial charge in [0.15, 0.2) is 6.61 Å². The van der Waals surface area contributed by atoms with Gasteiger partial charge in [-0.05, 0) is 43.7 Å². The number of esters is 1. The zero-order valence-corrected chi connectivity index (χ0v) is 17.1. The lowest BCUT2D eigenvalue weighted by atomic mass is 10.1. The minimum absolute atomic E-state index is 0.00324. The molecule has 0 atom stereocenters. The van der Waals surface area contributed by atoms with Crippen LogP contribution in [0.25, 0.3) is 0 Å². The Morgan fingerprint density at radius 1 is 1.07 bits per heavy atom. The normalized spacial score (nSPS) is 11.0. The third-order valence-electron chi connectivity index (χ3n) is 4.10. The highest BCUT2D eigenvalue weighted by Gasteiger charge is 2.21. The number of sulfonamides is 1. The zero-order valence-electron chi connectivity index (χ0n) is 16.3. The molecule has 0 heterocycles. The number of nitrogens with one attached hydrogen (secondary N) is 2. The van der Waals surface area contributed by atoms with Crippen molar-refractivity contribution in [2.45, 2.75) is 17.7 Å². The Kier molecular flexibility index (Phi) is 8.17. The third kappa shape index (κ3) is 6.58. The molecule has 0 fully saturated rings. The van der Waals surface area contributed by atoms with E-state index in [1.807, 2.05) is 30.3 Å². The first kappa shape index (κ1) is 22.4. The van der Waals surface area contributed by atoms with E-state index < -0.39 is 28.5 Å². The summed E-state index contributed by atoms with van der Waals surface area (Å²) in [5.41, 5.74) is 1.18. The van der Waals surface area contributed by atoms with E-state index in [9.17, 15) is 18.0 Å². The van der Waals surface area contributed by atoms with Gasteiger partial charge in [-0.25, -0.2) is 17.9 Å². The van der Waals surface area contributed by atoms with Crippen LogP contribution in [0.3, 0.4) is 0 Å². The first-order valence-electron chi connectivity index (χ1n) is 8.96. The Morgan fingerprint density at radius 2 is 1.79 bits per heavy atom. The van der Waals surface area contributed by atoms with Crippen molar-refractivity contribution in [3.8, 4) is 5.75 Å². The van der Waals surface area contributed by atoms with E-state index in [0.29, 0.717) is 6.54 Å². The van der Waals surface area contributed by atoms with Crippen LogP contribution < -0.4 is 14.8 Å². The lowest BCUT2D eigenvalue weighted by molar-refractivity contribution is -0.124. The fourth-order valence-electron chi connectivity index (χ4n) is 2.55. The highest BCUT2D eigenvalue weighted by atomic mass is 32.2. The van der Waals surface area contributed by atoms with Crippen molar-refractivity contribution in [3.05, 3.63) is 59.7 Å². The van der Waals surface area contributed by atoms with E-state index in [2.05, 4.69) is 10.0 Å². The van der Waals surface area contributed by atoms with Gasteiger partial charge in [-0.15, -0.1) is 0 Å². The van der Waals surface area contributed by atoms with Crippen molar-refractivity contribution in [2.75, 3.05) is 27.3 Å². The zero-order chi connectivity index (χ0) is 21.3. The maximum atomic E-state index is 12.2. The summed E-state index contributed by atoms with van der Waals surface area (Å²) >= 11 is 0. The minimum Gasteiger partial charge on any atom is -0.495 e. The molecule has 0 aliphatic heterocycles. The highest BCUT2D eigenvalue weighted by Crippen LogP contribution is 2.24. The summed E-state index contributed by atoms with van der Waals surface area (Å²) in [6.07, 6.45) is 1.59. The molecule has 0 aromatic heterocycles. The molecule has 156 valence electrons. The molecule has 0 radical (unpaired) electrons. The SMILES string of the molecule is CNS(=O)(=O)c1cc(C(=O)OCC(=O)NCCCc2ccccc2)ccc1OC. The number of hydrogen-bond acceptors (Lipinski definition) is 6. The van der Waals surface area contributed by atoms with Gasteiger partial charge in [0.1, 0.15) is 10.6 Å². The molecule has 0 aliphatic rings. The second-order valence-electron chi connectivity index (χ2n) is 6.09. The maximum absolute atomic E-state index is 12.2. The average molecular weight is 420 g/mol. The molecular formula is C20H24N2O6S. The van der Waals surface area contributed by atoms with Crippen LogP contribution in [0, 0.1) is 0 Å². The maximum Gasteiger partial charge on any atom is 0.338 e. The predicted molar refractivity (Wildman–Crippen MR) is 107 cm³/mol. The van der Waals surface area contributed by atoms with Gasteiger partial charge in [0.25, 0.3) is 5.91 Å². The van der Waals surface area contributed by atoms with Crippen LogP contribution in [0.1, 0.15) is 22.3 Å². The fourth-order valence-corrected chi connectivity index (χ4v) is 3.47. The summed E-state index contributed by atoms with van der Waals surface area (Å²) in [5.74, 6) is -1.14. The number of carbonyl (C=O) groups is 2. The molecule has 0 aliphatic carbocycles. The van der Waals surface area contributed by atoms with Crippen molar-refractivity contribution in [1.82, 2.24) is 10.0 Å². The van der Waals surface area contributed by atoms with E-state index in [1.54, 1.807) is 0 Å². The van der Waals surface area contributed by atoms with E-state index in [0.717, 1.165) is 18.9 Å². The van der Waals surface area contributed by atoms with E-state index in [1.165, 1.54) is 31.9 Å². The van der Waals surface area contributed by atoms with Crippen molar-refractivity contribution >= 4 is 21.9 Å². The Morgan fingerprint density at radius 3 is 2.45 bits per heavy atom. The number of aryl methyl sites for hydroxylation is 1. The number of rotatable bonds is 10. The highest BCUT2D eigenvalue weighted by molar-refractivity contribution is 7.89. The summed E-state index contributed by atoms with van der Waals surface area (Å²) in [6, 6.07) is 13.8. The van der Waals surface area contributed by atoms with Crippen LogP contribution in [0.15, 0.2) is 53.4 Å². The monoisotopic (exact) mass is 420 g/mol. The van der Waals surface area contributed by atoms with Crippen LogP contribution in [-0.4, -0.2) is 47.6 Å². The molecule has 0 spiro atoms. The lowest BCUT2D eigenvalue weighted by Crippen LogP contribution is -2.29. The Balaban J connectivity index is 1.85. The van der Waals surface area contributed by atoms with Crippen LogP contribution in [0.2, 0.25) is 0 Å². The number of hydrogen-bond donors (Lipinski definition) is 2. The van der Waals surface area contributed by atoms with Crippen molar-refractivity contribution in [1.29, 1.82) is 0 Å². The number of methoxy groups -OCH3 is 1. The van der Waals surface area contributed by atoms with Gasteiger partial charge in [-0.1, -0.05) is 30.3 Å². The van der Waals surface area contributed by atoms with Gasteiger partial charge >= 0.3 is 5.97 Å². The summed E-state index contributed by atoms with van der Waals surface area (Å²) in [4.78, 5) is 23.8. The molecule has 0 saturated carbocycles. The smallest absolute Gasteiger partial charge is 0.338 e. The second kappa shape index (κ2) is 10.6. The number of amides is 1. The molecule has 8 nitrogen and oxygen atoms in total. The molecule has 2 N–H and O–H groups in total. The van der Waals surface area contributed by atoms with Crippen LogP contribution in [0.4, 0.5) is 0 Å². The fraction of sp³-hybridized carbons (Fsp3) is 0.300. The van der Waals surface area contributed by atoms with Gasteiger partial charge in [0, 0.05) is 6.54 Å². The molecule has 2 aromatic carbocycles.